The molecular weight excluding hydrogens is 308 g/mol. The van der Waals surface area contributed by atoms with Crippen molar-refractivity contribution in [3.05, 3.63) is 59.8 Å². The summed E-state index contributed by atoms with van der Waals surface area (Å²) in [6.45, 7) is 0.142. The molecule has 1 atom stereocenters. The lowest BCUT2D eigenvalue weighted by molar-refractivity contribution is -0.138. The van der Waals surface area contributed by atoms with Crippen LogP contribution in [0.25, 0.3) is 11.0 Å². The molecule has 2 aromatic carbocycles. The maximum absolute atomic E-state index is 12.7. The third-order valence-electron chi connectivity index (χ3n) is 4.34. The predicted molar refractivity (Wildman–Crippen MR) is 86.9 cm³/mol. The first-order chi connectivity index (χ1) is 11.6. The van der Waals surface area contributed by atoms with Gasteiger partial charge in [-0.15, -0.1) is 0 Å². The lowest BCUT2D eigenvalue weighted by Gasteiger charge is -2.16. The number of rotatable bonds is 3. The van der Waals surface area contributed by atoms with E-state index in [-0.39, 0.29) is 18.9 Å². The van der Waals surface area contributed by atoms with Crippen molar-refractivity contribution in [2.24, 2.45) is 0 Å². The van der Waals surface area contributed by atoms with Gasteiger partial charge in [-0.1, -0.05) is 35.5 Å². The number of nitrogens with zero attached hydrogens (tertiary/aromatic N) is 2. The van der Waals surface area contributed by atoms with Gasteiger partial charge in [-0.2, -0.15) is 0 Å². The van der Waals surface area contributed by atoms with Crippen LogP contribution in [0.15, 0.2) is 53.1 Å². The van der Waals surface area contributed by atoms with Crippen LogP contribution in [-0.2, 0) is 16.0 Å². The van der Waals surface area contributed by atoms with E-state index in [1.807, 2.05) is 18.2 Å². The van der Waals surface area contributed by atoms with Crippen molar-refractivity contribution >= 4 is 28.5 Å². The van der Waals surface area contributed by atoms with Gasteiger partial charge in [0.1, 0.15) is 11.6 Å². The standard InChI is InChI=1S/C18H14N2O4/c21-17(9-14-12-6-2-4-8-16(12)24-19-14)20-10-13(18(22)23)11-5-1-3-7-15(11)20/h1-8,13H,9-10H2,(H,22,23)/t13-/m1/s1. The number of carboxylic acid groups (broad SMARTS) is 1. The number of carbonyl (C=O) groups excluding carboxylic acids is 1. The van der Waals surface area contributed by atoms with Gasteiger partial charge in [0.15, 0.2) is 5.58 Å². The van der Waals surface area contributed by atoms with E-state index in [9.17, 15) is 14.7 Å². The largest absolute Gasteiger partial charge is 0.481 e. The fourth-order valence-electron chi connectivity index (χ4n) is 3.16. The van der Waals surface area contributed by atoms with E-state index in [1.165, 1.54) is 4.90 Å². The molecule has 1 amide bonds. The van der Waals surface area contributed by atoms with Crippen LogP contribution in [-0.4, -0.2) is 28.7 Å². The first-order valence-corrected chi connectivity index (χ1v) is 7.60. The number of amides is 1. The summed E-state index contributed by atoms with van der Waals surface area (Å²) in [5.74, 6) is -1.81. The van der Waals surface area contributed by atoms with E-state index < -0.39 is 11.9 Å². The van der Waals surface area contributed by atoms with Gasteiger partial charge in [-0.25, -0.2) is 0 Å². The Labute approximate surface area is 137 Å². The molecule has 0 bridgehead atoms. The molecular formula is C18H14N2O4. The number of aliphatic carboxylic acids is 1. The minimum atomic E-state index is -0.926. The van der Waals surface area contributed by atoms with E-state index >= 15 is 0 Å². The average Bonchev–Trinajstić information content (AvgIpc) is 3.17. The Morgan fingerprint density at radius 1 is 1.17 bits per heavy atom. The highest BCUT2D eigenvalue weighted by Gasteiger charge is 2.36. The summed E-state index contributed by atoms with van der Waals surface area (Å²) in [4.78, 5) is 25.7. The first kappa shape index (κ1) is 14.4. The second-order valence-corrected chi connectivity index (χ2v) is 5.76. The van der Waals surface area contributed by atoms with Gasteiger partial charge in [0, 0.05) is 17.6 Å². The lowest BCUT2D eigenvalue weighted by atomic mass is 10.0. The highest BCUT2D eigenvalue weighted by molar-refractivity contribution is 6.01. The molecule has 2 heterocycles. The molecule has 1 aliphatic heterocycles. The zero-order chi connectivity index (χ0) is 16.7. The van der Waals surface area contributed by atoms with E-state index in [2.05, 4.69) is 5.16 Å². The van der Waals surface area contributed by atoms with E-state index in [1.54, 1.807) is 30.3 Å². The Morgan fingerprint density at radius 2 is 1.92 bits per heavy atom. The van der Waals surface area contributed by atoms with Crippen LogP contribution in [0, 0.1) is 0 Å². The highest BCUT2D eigenvalue weighted by atomic mass is 16.5. The minimum Gasteiger partial charge on any atom is -0.481 e. The Kier molecular flexibility index (Phi) is 3.30. The number of anilines is 1. The van der Waals surface area contributed by atoms with Crippen molar-refractivity contribution in [1.82, 2.24) is 5.16 Å². The van der Waals surface area contributed by atoms with Crippen molar-refractivity contribution < 1.29 is 19.2 Å². The summed E-state index contributed by atoms with van der Waals surface area (Å²) < 4.78 is 5.23. The Hall–Kier alpha value is -3.15. The highest BCUT2D eigenvalue weighted by Crippen LogP contribution is 2.36. The number of carboxylic acids is 1. The molecule has 0 radical (unpaired) electrons. The lowest BCUT2D eigenvalue weighted by Crippen LogP contribution is -2.32. The van der Waals surface area contributed by atoms with Gasteiger partial charge >= 0.3 is 5.97 Å². The van der Waals surface area contributed by atoms with Crippen LogP contribution in [0.4, 0.5) is 5.69 Å². The average molecular weight is 322 g/mol. The predicted octanol–water partition coefficient (Wildman–Crippen LogP) is 2.59. The minimum absolute atomic E-state index is 0.0671. The molecule has 0 saturated carbocycles. The van der Waals surface area contributed by atoms with Gasteiger partial charge in [-0.3, -0.25) is 9.59 Å². The Bertz CT molecular complexity index is 947. The fourth-order valence-corrected chi connectivity index (χ4v) is 3.16. The van der Waals surface area contributed by atoms with Crippen LogP contribution < -0.4 is 4.90 Å². The SMILES string of the molecule is O=C(O)[C@@H]1CN(C(=O)Cc2noc3ccccc23)c2ccccc21. The monoisotopic (exact) mass is 322 g/mol. The normalized spacial score (nSPS) is 16.3. The molecule has 0 aliphatic carbocycles. The zero-order valence-corrected chi connectivity index (χ0v) is 12.7. The molecule has 0 spiro atoms. The maximum Gasteiger partial charge on any atom is 0.312 e. The van der Waals surface area contributed by atoms with Gasteiger partial charge in [0.25, 0.3) is 0 Å². The molecule has 1 aromatic heterocycles. The van der Waals surface area contributed by atoms with Crippen molar-refractivity contribution in [2.75, 3.05) is 11.4 Å². The quantitative estimate of drug-likeness (QED) is 0.801. The Morgan fingerprint density at radius 3 is 2.75 bits per heavy atom. The zero-order valence-electron chi connectivity index (χ0n) is 12.7. The molecule has 24 heavy (non-hydrogen) atoms. The molecule has 3 aromatic rings. The van der Waals surface area contributed by atoms with Gasteiger partial charge < -0.3 is 14.5 Å². The van der Waals surface area contributed by atoms with E-state index in [4.69, 9.17) is 4.52 Å². The molecule has 6 nitrogen and oxygen atoms in total. The van der Waals surface area contributed by atoms with Crippen molar-refractivity contribution in [1.29, 1.82) is 0 Å². The van der Waals surface area contributed by atoms with Crippen molar-refractivity contribution in [3.8, 4) is 0 Å². The number of hydrogen-bond donors (Lipinski definition) is 1. The summed E-state index contributed by atoms with van der Waals surface area (Å²) in [6.07, 6.45) is 0.0671. The van der Waals surface area contributed by atoms with E-state index in [0.717, 1.165) is 5.39 Å². The van der Waals surface area contributed by atoms with Gasteiger partial charge in [0.2, 0.25) is 5.91 Å². The third-order valence-corrected chi connectivity index (χ3v) is 4.34. The molecule has 1 N–H and O–H groups in total. The summed E-state index contributed by atoms with van der Waals surface area (Å²) >= 11 is 0. The van der Waals surface area contributed by atoms with Crippen LogP contribution in [0.5, 0.6) is 0 Å². The second-order valence-electron chi connectivity index (χ2n) is 5.76. The smallest absolute Gasteiger partial charge is 0.312 e. The topological polar surface area (TPSA) is 83.6 Å². The molecule has 0 saturated heterocycles. The first-order valence-electron chi connectivity index (χ1n) is 7.60. The van der Waals surface area contributed by atoms with Crippen LogP contribution in [0.1, 0.15) is 17.2 Å². The summed E-state index contributed by atoms with van der Waals surface area (Å²) in [5, 5.41) is 14.2. The third kappa shape index (κ3) is 2.23. The molecule has 0 unspecified atom stereocenters. The maximum atomic E-state index is 12.7. The molecule has 4 rings (SSSR count). The van der Waals surface area contributed by atoms with Gasteiger partial charge in [-0.05, 0) is 23.8 Å². The van der Waals surface area contributed by atoms with Gasteiger partial charge in [0.05, 0.1) is 6.42 Å². The molecule has 6 heteroatoms. The summed E-state index contributed by atoms with van der Waals surface area (Å²) in [7, 11) is 0. The Balaban J connectivity index is 1.65. The fraction of sp³-hybridized carbons (Fsp3) is 0.167. The van der Waals surface area contributed by atoms with Crippen molar-refractivity contribution in [2.45, 2.75) is 12.3 Å². The van der Waals surface area contributed by atoms with Crippen LogP contribution in [0.2, 0.25) is 0 Å². The molecule has 1 aliphatic rings. The number of aromatic nitrogens is 1. The van der Waals surface area contributed by atoms with E-state index in [0.29, 0.717) is 22.5 Å². The number of benzene rings is 2. The van der Waals surface area contributed by atoms with Crippen LogP contribution in [0.3, 0.4) is 0 Å². The number of fused-ring (bicyclic) bond motifs is 2. The second kappa shape index (κ2) is 5.49. The van der Waals surface area contributed by atoms with Crippen molar-refractivity contribution in [3.63, 3.8) is 0 Å². The summed E-state index contributed by atoms with van der Waals surface area (Å²) in [6, 6.07) is 14.5. The number of hydrogen-bond acceptors (Lipinski definition) is 4. The van der Waals surface area contributed by atoms with Crippen LogP contribution >= 0.6 is 0 Å². The molecule has 120 valence electrons. The summed E-state index contributed by atoms with van der Waals surface area (Å²) in [5.41, 5.74) is 2.52. The number of carbonyl (C=O) groups is 2. The molecule has 0 fully saturated rings. The number of para-hydroxylation sites is 2.